The molecule has 1 atom stereocenters. The molecule has 6 nitrogen and oxygen atoms in total. The number of benzene rings is 2. The Bertz CT molecular complexity index is 969. The van der Waals surface area contributed by atoms with Gasteiger partial charge in [-0.2, -0.15) is 4.98 Å². The Morgan fingerprint density at radius 2 is 1.83 bits per heavy atom. The van der Waals surface area contributed by atoms with Gasteiger partial charge in [-0.3, -0.25) is 4.79 Å². The Hall–Kier alpha value is -2.86. The van der Waals surface area contributed by atoms with Crippen LogP contribution in [0.3, 0.4) is 0 Å². The number of aromatic nitrogens is 2. The second-order valence-electron chi connectivity index (χ2n) is 7.17. The van der Waals surface area contributed by atoms with Crippen molar-refractivity contribution in [3.05, 3.63) is 65.0 Å². The van der Waals surface area contributed by atoms with Crippen LogP contribution in [0, 0.1) is 0 Å². The fourth-order valence-electron chi connectivity index (χ4n) is 2.93. The predicted octanol–water partition coefficient (Wildman–Crippen LogP) is 4.94. The van der Waals surface area contributed by atoms with Gasteiger partial charge in [-0.25, -0.2) is 0 Å². The van der Waals surface area contributed by atoms with E-state index in [9.17, 15) is 4.79 Å². The van der Waals surface area contributed by atoms with Crippen molar-refractivity contribution in [2.45, 2.75) is 39.3 Å². The third-order valence-corrected chi connectivity index (χ3v) is 4.76. The minimum Gasteiger partial charge on any atom is -0.481 e. The van der Waals surface area contributed by atoms with Crippen LogP contribution in [0.2, 0.25) is 5.02 Å². The molecule has 0 aliphatic heterocycles. The van der Waals surface area contributed by atoms with E-state index in [1.165, 1.54) is 4.90 Å². The lowest BCUT2D eigenvalue weighted by Gasteiger charge is -2.22. The van der Waals surface area contributed by atoms with Gasteiger partial charge in [0.25, 0.3) is 5.91 Å². The minimum atomic E-state index is -0.640. The lowest BCUT2D eigenvalue weighted by molar-refractivity contribution is -0.137. The number of nitrogens with zero attached hydrogens (tertiary/aromatic N) is 3. The van der Waals surface area contributed by atoms with Crippen LogP contribution < -0.4 is 4.74 Å². The van der Waals surface area contributed by atoms with E-state index in [0.29, 0.717) is 22.7 Å². The lowest BCUT2D eigenvalue weighted by atomic mass is 10.0. The first-order valence-corrected chi connectivity index (χ1v) is 9.82. The number of ether oxygens (including phenoxy) is 1. The number of rotatable bonds is 7. The second kappa shape index (κ2) is 9.09. The Kier molecular flexibility index (Phi) is 6.54. The van der Waals surface area contributed by atoms with Crippen molar-refractivity contribution in [3.8, 4) is 17.1 Å². The van der Waals surface area contributed by atoms with Crippen molar-refractivity contribution >= 4 is 17.5 Å². The third-order valence-electron chi connectivity index (χ3n) is 4.51. The fourth-order valence-corrected chi connectivity index (χ4v) is 3.06. The summed E-state index contributed by atoms with van der Waals surface area (Å²) in [5, 5.41) is 4.61. The molecular formula is C22H24ClN3O3. The van der Waals surface area contributed by atoms with Gasteiger partial charge in [-0.05, 0) is 48.7 Å². The molecule has 0 aliphatic carbocycles. The van der Waals surface area contributed by atoms with Crippen LogP contribution in [0.15, 0.2) is 53.1 Å². The topological polar surface area (TPSA) is 68.5 Å². The number of para-hydroxylation sites is 1. The molecule has 0 bridgehead atoms. The molecule has 0 N–H and O–H groups in total. The van der Waals surface area contributed by atoms with Crippen LogP contribution in [-0.2, 0) is 11.3 Å². The maximum absolute atomic E-state index is 12.7. The summed E-state index contributed by atoms with van der Waals surface area (Å²) in [6.07, 6.45) is -0.640. The Balaban J connectivity index is 1.64. The van der Waals surface area contributed by atoms with Crippen molar-refractivity contribution in [1.29, 1.82) is 0 Å². The summed E-state index contributed by atoms with van der Waals surface area (Å²) in [6, 6.07) is 14.9. The maximum atomic E-state index is 12.7. The Morgan fingerprint density at radius 1 is 1.14 bits per heavy atom. The summed E-state index contributed by atoms with van der Waals surface area (Å²) in [7, 11) is 1.68. The average molecular weight is 414 g/mol. The van der Waals surface area contributed by atoms with Gasteiger partial charge in [0.05, 0.1) is 6.54 Å². The second-order valence-corrected chi connectivity index (χ2v) is 7.60. The first-order chi connectivity index (χ1) is 13.8. The molecule has 0 fully saturated rings. The molecule has 0 saturated carbocycles. The zero-order valence-corrected chi connectivity index (χ0v) is 17.7. The van der Waals surface area contributed by atoms with Crippen molar-refractivity contribution in [1.82, 2.24) is 15.0 Å². The molecule has 2 aromatic carbocycles. The monoisotopic (exact) mass is 413 g/mol. The molecule has 29 heavy (non-hydrogen) atoms. The smallest absolute Gasteiger partial charge is 0.263 e. The number of carbonyl (C=O) groups excluding carboxylic acids is 1. The van der Waals surface area contributed by atoms with Crippen molar-refractivity contribution < 1.29 is 14.1 Å². The maximum Gasteiger partial charge on any atom is 0.263 e. The molecule has 3 aromatic rings. The van der Waals surface area contributed by atoms with Gasteiger partial charge in [0.1, 0.15) is 5.75 Å². The highest BCUT2D eigenvalue weighted by Crippen LogP contribution is 2.27. The summed E-state index contributed by atoms with van der Waals surface area (Å²) in [5.41, 5.74) is 1.86. The Labute approximate surface area is 175 Å². The van der Waals surface area contributed by atoms with E-state index in [-0.39, 0.29) is 12.5 Å². The van der Waals surface area contributed by atoms with E-state index in [0.717, 1.165) is 16.9 Å². The summed E-state index contributed by atoms with van der Waals surface area (Å²) >= 11 is 5.90. The largest absolute Gasteiger partial charge is 0.481 e. The van der Waals surface area contributed by atoms with Gasteiger partial charge in [-0.15, -0.1) is 0 Å². The third kappa shape index (κ3) is 5.15. The average Bonchev–Trinajstić information content (AvgIpc) is 3.16. The van der Waals surface area contributed by atoms with Crippen molar-refractivity contribution in [2.24, 2.45) is 0 Å². The van der Waals surface area contributed by atoms with Gasteiger partial charge in [0.2, 0.25) is 11.7 Å². The van der Waals surface area contributed by atoms with Gasteiger partial charge in [-0.1, -0.05) is 48.8 Å². The molecule has 0 aliphatic rings. The highest BCUT2D eigenvalue weighted by Gasteiger charge is 2.22. The first-order valence-electron chi connectivity index (χ1n) is 9.44. The van der Waals surface area contributed by atoms with Gasteiger partial charge >= 0.3 is 0 Å². The standard InChI is InChI=1S/C22H24ClN3O3/c1-14(2)18-7-5-6-8-19(18)28-15(3)22(27)26(4)13-20-24-21(25-29-20)16-9-11-17(23)12-10-16/h5-12,14-15H,13H2,1-4H3. The van der Waals surface area contributed by atoms with Crippen molar-refractivity contribution in [3.63, 3.8) is 0 Å². The van der Waals surface area contributed by atoms with Crippen LogP contribution >= 0.6 is 11.6 Å². The first kappa shape index (κ1) is 20.9. The highest BCUT2D eigenvalue weighted by atomic mass is 35.5. The van der Waals surface area contributed by atoms with E-state index in [4.69, 9.17) is 20.9 Å². The normalized spacial score (nSPS) is 12.1. The molecule has 7 heteroatoms. The van der Waals surface area contributed by atoms with Crippen LogP contribution in [-0.4, -0.2) is 34.1 Å². The quantitative estimate of drug-likeness (QED) is 0.548. The molecule has 0 spiro atoms. The molecule has 152 valence electrons. The molecular weight excluding hydrogens is 390 g/mol. The minimum absolute atomic E-state index is 0.171. The van der Waals surface area contributed by atoms with Crippen LogP contribution in [0.25, 0.3) is 11.4 Å². The zero-order chi connectivity index (χ0) is 21.0. The lowest BCUT2D eigenvalue weighted by Crippen LogP contribution is -2.37. The number of halogens is 1. The summed E-state index contributed by atoms with van der Waals surface area (Å²) in [4.78, 5) is 18.6. The van der Waals surface area contributed by atoms with E-state index in [2.05, 4.69) is 24.0 Å². The van der Waals surface area contributed by atoms with Crippen LogP contribution in [0.4, 0.5) is 0 Å². The van der Waals surface area contributed by atoms with Gasteiger partial charge < -0.3 is 14.2 Å². The Morgan fingerprint density at radius 3 is 2.52 bits per heavy atom. The molecule has 1 heterocycles. The number of hydrogen-bond donors (Lipinski definition) is 0. The highest BCUT2D eigenvalue weighted by molar-refractivity contribution is 6.30. The van der Waals surface area contributed by atoms with Gasteiger partial charge in [0, 0.05) is 17.6 Å². The van der Waals surface area contributed by atoms with E-state index >= 15 is 0 Å². The number of likely N-dealkylation sites (N-methyl/N-ethyl adjacent to an activating group) is 1. The van der Waals surface area contributed by atoms with E-state index < -0.39 is 6.10 Å². The molecule has 1 unspecified atom stereocenters. The molecule has 3 rings (SSSR count). The van der Waals surface area contributed by atoms with E-state index in [1.54, 1.807) is 26.1 Å². The molecule has 0 radical (unpaired) electrons. The summed E-state index contributed by atoms with van der Waals surface area (Å²) in [5.74, 6) is 1.65. The van der Waals surface area contributed by atoms with Crippen molar-refractivity contribution in [2.75, 3.05) is 7.05 Å². The number of carbonyl (C=O) groups is 1. The predicted molar refractivity (Wildman–Crippen MR) is 112 cm³/mol. The number of hydrogen-bond acceptors (Lipinski definition) is 5. The SMILES string of the molecule is CC(Oc1ccccc1C(C)C)C(=O)N(C)Cc1nc(-c2ccc(Cl)cc2)no1. The molecule has 1 aromatic heterocycles. The summed E-state index contributed by atoms with van der Waals surface area (Å²) < 4.78 is 11.2. The van der Waals surface area contributed by atoms with E-state index in [1.807, 2.05) is 36.4 Å². The zero-order valence-electron chi connectivity index (χ0n) is 16.9. The molecule has 0 saturated heterocycles. The number of amides is 1. The van der Waals surface area contributed by atoms with Crippen LogP contribution in [0.5, 0.6) is 5.75 Å². The van der Waals surface area contributed by atoms with Crippen LogP contribution in [0.1, 0.15) is 38.1 Å². The summed E-state index contributed by atoms with van der Waals surface area (Å²) in [6.45, 7) is 6.12. The van der Waals surface area contributed by atoms with Gasteiger partial charge in [0.15, 0.2) is 6.10 Å². The molecule has 1 amide bonds. The fraction of sp³-hybridized carbons (Fsp3) is 0.318.